The Morgan fingerprint density at radius 3 is 2.45 bits per heavy atom. The van der Waals surface area contributed by atoms with Crippen LogP contribution in [0.3, 0.4) is 0 Å². The highest BCUT2D eigenvalue weighted by Gasteiger charge is 2.43. The molecule has 0 radical (unpaired) electrons. The molecule has 148 valence electrons. The maximum Gasteiger partial charge on any atom is 0.123 e. The summed E-state index contributed by atoms with van der Waals surface area (Å²) < 4.78 is 28.5. The summed E-state index contributed by atoms with van der Waals surface area (Å²) in [5.41, 5.74) is 6.01. The molecular formula is C25H24F2N2. The fourth-order valence-corrected chi connectivity index (χ4v) is 5.16. The Bertz CT molecular complexity index is 1060. The summed E-state index contributed by atoms with van der Waals surface area (Å²) in [7, 11) is 0. The van der Waals surface area contributed by atoms with E-state index < -0.39 is 0 Å². The van der Waals surface area contributed by atoms with Crippen LogP contribution in [-0.2, 0) is 12.8 Å². The fourth-order valence-electron chi connectivity index (χ4n) is 5.16. The Morgan fingerprint density at radius 1 is 1.03 bits per heavy atom. The number of nitrogens with zero attached hydrogens (tertiary/aromatic N) is 2. The maximum atomic E-state index is 13.3. The first-order valence-corrected chi connectivity index (χ1v) is 10.3. The molecule has 0 saturated heterocycles. The number of halogens is 2. The second-order valence-corrected chi connectivity index (χ2v) is 8.63. The van der Waals surface area contributed by atoms with Crippen molar-refractivity contribution in [3.05, 3.63) is 88.8 Å². The summed E-state index contributed by atoms with van der Waals surface area (Å²) in [4.78, 5) is 0. The van der Waals surface area contributed by atoms with E-state index in [1.165, 1.54) is 41.7 Å². The van der Waals surface area contributed by atoms with E-state index in [4.69, 9.17) is 0 Å². The average Bonchev–Trinajstić information content (AvgIpc) is 3.11. The molecule has 2 aliphatic rings. The van der Waals surface area contributed by atoms with Crippen molar-refractivity contribution in [2.75, 3.05) is 0 Å². The molecule has 2 aliphatic carbocycles. The molecule has 1 saturated carbocycles. The molecule has 29 heavy (non-hydrogen) atoms. The fraction of sp³-hybridized carbons (Fsp3) is 0.320. The van der Waals surface area contributed by atoms with Crippen LogP contribution in [0.25, 0.3) is 11.8 Å². The van der Waals surface area contributed by atoms with Gasteiger partial charge in [0.2, 0.25) is 0 Å². The lowest BCUT2D eigenvalue weighted by molar-refractivity contribution is 0.180. The SMILES string of the molecule is CC12Cc3cnn(-c4ccc(F)cc4)c3C=C1CCCC2Cc1ccc(F)cc1. The lowest BCUT2D eigenvalue weighted by Crippen LogP contribution is -2.38. The van der Waals surface area contributed by atoms with Crippen LogP contribution in [0.5, 0.6) is 0 Å². The molecule has 2 unspecified atom stereocenters. The van der Waals surface area contributed by atoms with Gasteiger partial charge in [-0.3, -0.25) is 0 Å². The van der Waals surface area contributed by atoms with Gasteiger partial charge in [0.25, 0.3) is 0 Å². The van der Waals surface area contributed by atoms with Gasteiger partial charge in [0.05, 0.1) is 17.6 Å². The molecule has 5 rings (SSSR count). The molecule has 1 aromatic heterocycles. The van der Waals surface area contributed by atoms with E-state index in [9.17, 15) is 8.78 Å². The molecule has 3 aromatic rings. The predicted molar refractivity (Wildman–Crippen MR) is 111 cm³/mol. The summed E-state index contributed by atoms with van der Waals surface area (Å²) in [6.07, 6.45) is 9.66. The smallest absolute Gasteiger partial charge is 0.123 e. The van der Waals surface area contributed by atoms with E-state index in [1.54, 1.807) is 24.3 Å². The van der Waals surface area contributed by atoms with Crippen LogP contribution in [0.1, 0.15) is 43.0 Å². The summed E-state index contributed by atoms with van der Waals surface area (Å²) in [5, 5.41) is 4.61. The highest BCUT2D eigenvalue weighted by Crippen LogP contribution is 2.52. The van der Waals surface area contributed by atoms with Crippen molar-refractivity contribution in [1.82, 2.24) is 9.78 Å². The molecule has 2 atom stereocenters. The molecule has 0 spiro atoms. The maximum absolute atomic E-state index is 13.3. The topological polar surface area (TPSA) is 17.8 Å². The minimum atomic E-state index is -0.239. The number of hydrogen-bond donors (Lipinski definition) is 0. The number of allylic oxidation sites excluding steroid dienone is 1. The highest BCUT2D eigenvalue weighted by molar-refractivity contribution is 5.61. The zero-order chi connectivity index (χ0) is 20.0. The van der Waals surface area contributed by atoms with Crippen LogP contribution >= 0.6 is 0 Å². The van der Waals surface area contributed by atoms with Gasteiger partial charge in [0.1, 0.15) is 11.6 Å². The Balaban J connectivity index is 1.48. The standard InChI is InChI=1S/C25H24F2N2/c1-25-15-18-16-28-29(23-11-9-22(27)10-12-23)24(18)14-20(25)4-2-3-19(25)13-17-5-7-21(26)8-6-17/h5-12,14,16,19H,2-4,13,15H2,1H3. The van der Waals surface area contributed by atoms with Gasteiger partial charge in [-0.25, -0.2) is 13.5 Å². The minimum Gasteiger partial charge on any atom is -0.233 e. The predicted octanol–water partition coefficient (Wildman–Crippen LogP) is 6.14. The molecule has 1 fully saturated rings. The zero-order valence-electron chi connectivity index (χ0n) is 16.5. The van der Waals surface area contributed by atoms with Gasteiger partial charge in [-0.2, -0.15) is 5.10 Å². The third-order valence-electron chi connectivity index (χ3n) is 6.85. The lowest BCUT2D eigenvalue weighted by atomic mass is 9.58. The largest absolute Gasteiger partial charge is 0.233 e. The van der Waals surface area contributed by atoms with Crippen LogP contribution in [0.2, 0.25) is 0 Å². The molecule has 4 heteroatoms. The van der Waals surface area contributed by atoms with Gasteiger partial charge in [0, 0.05) is 0 Å². The molecule has 0 aliphatic heterocycles. The van der Waals surface area contributed by atoms with Crippen LogP contribution in [-0.4, -0.2) is 9.78 Å². The summed E-state index contributed by atoms with van der Waals surface area (Å²) >= 11 is 0. The summed E-state index contributed by atoms with van der Waals surface area (Å²) in [6.45, 7) is 2.38. The number of benzene rings is 2. The molecule has 2 aromatic carbocycles. The van der Waals surface area contributed by atoms with Crippen molar-refractivity contribution in [3.8, 4) is 5.69 Å². The number of hydrogen-bond acceptors (Lipinski definition) is 1. The monoisotopic (exact) mass is 390 g/mol. The zero-order valence-corrected chi connectivity index (χ0v) is 16.5. The molecule has 2 nitrogen and oxygen atoms in total. The third kappa shape index (κ3) is 3.21. The van der Waals surface area contributed by atoms with E-state index in [0.717, 1.165) is 30.6 Å². The van der Waals surface area contributed by atoms with Crippen molar-refractivity contribution in [2.24, 2.45) is 11.3 Å². The number of fused-ring (bicyclic) bond motifs is 2. The van der Waals surface area contributed by atoms with Gasteiger partial charge < -0.3 is 0 Å². The first-order chi connectivity index (χ1) is 14.0. The minimum absolute atomic E-state index is 0.0935. The van der Waals surface area contributed by atoms with Gasteiger partial charge in [-0.1, -0.05) is 24.6 Å². The van der Waals surface area contributed by atoms with E-state index in [-0.39, 0.29) is 17.0 Å². The van der Waals surface area contributed by atoms with Crippen LogP contribution in [0.15, 0.2) is 60.3 Å². The first-order valence-electron chi connectivity index (χ1n) is 10.3. The van der Waals surface area contributed by atoms with E-state index in [1.807, 2.05) is 23.0 Å². The second kappa shape index (κ2) is 6.94. The normalized spacial score (nSPS) is 23.3. The van der Waals surface area contributed by atoms with Crippen molar-refractivity contribution in [2.45, 2.75) is 39.0 Å². The van der Waals surface area contributed by atoms with Crippen molar-refractivity contribution >= 4 is 6.08 Å². The third-order valence-corrected chi connectivity index (χ3v) is 6.85. The van der Waals surface area contributed by atoms with E-state index >= 15 is 0 Å². The van der Waals surface area contributed by atoms with Crippen LogP contribution in [0, 0.1) is 23.0 Å². The number of rotatable bonds is 3. The lowest BCUT2D eigenvalue weighted by Gasteiger charge is -2.46. The molecule has 1 heterocycles. The molecule has 0 bridgehead atoms. The van der Waals surface area contributed by atoms with Crippen molar-refractivity contribution in [3.63, 3.8) is 0 Å². The number of aromatic nitrogens is 2. The second-order valence-electron chi connectivity index (χ2n) is 8.63. The van der Waals surface area contributed by atoms with E-state index in [2.05, 4.69) is 18.1 Å². The highest BCUT2D eigenvalue weighted by atomic mass is 19.1. The molecule has 0 amide bonds. The first kappa shape index (κ1) is 18.3. The van der Waals surface area contributed by atoms with E-state index in [0.29, 0.717) is 5.92 Å². The van der Waals surface area contributed by atoms with Gasteiger partial charge in [-0.15, -0.1) is 0 Å². The van der Waals surface area contributed by atoms with Crippen LogP contribution in [0.4, 0.5) is 8.78 Å². The molecule has 0 N–H and O–H groups in total. The average molecular weight is 390 g/mol. The quantitative estimate of drug-likeness (QED) is 0.525. The van der Waals surface area contributed by atoms with Gasteiger partial charge in [0.15, 0.2) is 0 Å². The van der Waals surface area contributed by atoms with Crippen LogP contribution < -0.4 is 0 Å². The Labute approximate surface area is 169 Å². The Morgan fingerprint density at radius 2 is 1.72 bits per heavy atom. The summed E-state index contributed by atoms with van der Waals surface area (Å²) in [6, 6.07) is 13.4. The Hall–Kier alpha value is -2.75. The van der Waals surface area contributed by atoms with Crippen molar-refractivity contribution in [1.29, 1.82) is 0 Å². The molecular weight excluding hydrogens is 366 g/mol. The Kier molecular flexibility index (Phi) is 4.38. The van der Waals surface area contributed by atoms with Gasteiger partial charge in [-0.05, 0) is 97.0 Å². The summed E-state index contributed by atoms with van der Waals surface area (Å²) in [5.74, 6) is 0.103. The van der Waals surface area contributed by atoms with Crippen molar-refractivity contribution < 1.29 is 8.78 Å². The van der Waals surface area contributed by atoms with Gasteiger partial charge >= 0.3 is 0 Å².